The first-order chi connectivity index (χ1) is 14.0. The molecule has 2 rings (SSSR count). The van der Waals surface area contributed by atoms with Crippen LogP contribution < -0.4 is 20.9 Å². The predicted octanol–water partition coefficient (Wildman–Crippen LogP) is 3.59. The molecule has 0 saturated carbocycles. The number of aliphatic imine (C=N–C) groups is 1. The fraction of sp³-hybridized carbons (Fsp3) is 0.478. The summed E-state index contributed by atoms with van der Waals surface area (Å²) in [5.41, 5.74) is 1.22. The van der Waals surface area contributed by atoms with Crippen LogP contribution in [0.15, 0.2) is 58.4 Å². The van der Waals surface area contributed by atoms with Crippen molar-refractivity contribution in [3.8, 4) is 5.75 Å². The van der Waals surface area contributed by atoms with E-state index >= 15 is 0 Å². The lowest BCUT2D eigenvalue weighted by Crippen LogP contribution is -2.39. The topological polar surface area (TPSA) is 67.7 Å². The Bertz CT molecular complexity index is 812. The third-order valence-electron chi connectivity index (χ3n) is 4.56. The molecule has 2 N–H and O–H groups in total. The van der Waals surface area contributed by atoms with Gasteiger partial charge in [0.05, 0.1) is 12.6 Å². The lowest BCUT2D eigenvalue weighted by molar-refractivity contribution is 0.271. The molecule has 29 heavy (non-hydrogen) atoms. The number of unbranched alkanes of at least 4 members (excludes halogenated alkanes) is 1. The summed E-state index contributed by atoms with van der Waals surface area (Å²) < 4.78 is 7.48. The molecule has 0 aliphatic carbocycles. The summed E-state index contributed by atoms with van der Waals surface area (Å²) in [5, 5.41) is 6.76. The maximum Gasteiger partial charge on any atom is 0.250 e. The first kappa shape index (κ1) is 22.5. The molecular weight excluding hydrogens is 364 g/mol. The molecule has 1 aromatic heterocycles. The largest absolute Gasteiger partial charge is 0.493 e. The van der Waals surface area contributed by atoms with E-state index in [1.54, 1.807) is 23.7 Å². The molecule has 1 atom stereocenters. The SMILES string of the molecule is CN=C(NCCCCn1ccccc1=O)NC(C)c1ccc(OCC(C)C)cc1. The van der Waals surface area contributed by atoms with Crippen molar-refractivity contribution in [1.82, 2.24) is 15.2 Å². The van der Waals surface area contributed by atoms with E-state index in [-0.39, 0.29) is 11.6 Å². The number of aromatic nitrogens is 1. The highest BCUT2D eigenvalue weighted by molar-refractivity contribution is 5.80. The standard InChI is InChI=1S/C23H34N4O2/c1-18(2)17-29-21-12-10-20(11-13-21)19(3)26-23(24-4)25-14-6-8-16-27-15-7-5-9-22(27)28/h5,7,9-13,15,18-19H,6,8,14,16-17H2,1-4H3,(H2,24,25,26). The Kier molecular flexibility index (Phi) is 9.28. The molecule has 0 fully saturated rings. The third-order valence-corrected chi connectivity index (χ3v) is 4.56. The van der Waals surface area contributed by atoms with Crippen molar-refractivity contribution >= 4 is 5.96 Å². The summed E-state index contributed by atoms with van der Waals surface area (Å²) in [5.74, 6) is 2.18. The van der Waals surface area contributed by atoms with Crippen LogP contribution in [0.1, 0.15) is 45.2 Å². The van der Waals surface area contributed by atoms with E-state index < -0.39 is 0 Å². The summed E-state index contributed by atoms with van der Waals surface area (Å²) in [6.07, 6.45) is 3.72. The summed E-state index contributed by atoms with van der Waals surface area (Å²) in [6.45, 7) is 8.65. The number of pyridine rings is 1. The number of ether oxygens (including phenoxy) is 1. The van der Waals surface area contributed by atoms with Crippen LogP contribution in [0.2, 0.25) is 0 Å². The van der Waals surface area contributed by atoms with E-state index in [2.05, 4.69) is 48.5 Å². The Balaban J connectivity index is 1.73. The van der Waals surface area contributed by atoms with Crippen molar-refractivity contribution in [1.29, 1.82) is 0 Å². The number of hydrogen-bond acceptors (Lipinski definition) is 3. The maximum absolute atomic E-state index is 11.7. The van der Waals surface area contributed by atoms with Crippen LogP contribution in [-0.2, 0) is 6.54 Å². The number of benzene rings is 1. The van der Waals surface area contributed by atoms with E-state index in [0.29, 0.717) is 5.92 Å². The zero-order valence-electron chi connectivity index (χ0n) is 18.0. The molecule has 1 aromatic carbocycles. The Labute approximate surface area is 174 Å². The van der Waals surface area contributed by atoms with Gasteiger partial charge in [0, 0.05) is 32.4 Å². The van der Waals surface area contributed by atoms with Gasteiger partial charge in [-0.1, -0.05) is 32.0 Å². The lowest BCUT2D eigenvalue weighted by Gasteiger charge is -2.19. The molecule has 0 amide bonds. The monoisotopic (exact) mass is 398 g/mol. The molecule has 0 spiro atoms. The van der Waals surface area contributed by atoms with E-state index in [9.17, 15) is 4.79 Å². The molecule has 1 heterocycles. The number of hydrogen-bond donors (Lipinski definition) is 2. The van der Waals surface area contributed by atoms with Crippen molar-refractivity contribution in [3.63, 3.8) is 0 Å². The molecule has 6 nitrogen and oxygen atoms in total. The molecule has 6 heteroatoms. The molecular formula is C23H34N4O2. The van der Waals surface area contributed by atoms with E-state index in [4.69, 9.17) is 4.74 Å². The molecule has 0 aliphatic heterocycles. The summed E-state index contributed by atoms with van der Waals surface area (Å²) >= 11 is 0. The van der Waals surface area contributed by atoms with Gasteiger partial charge in [0.2, 0.25) is 5.56 Å². The molecule has 158 valence electrons. The lowest BCUT2D eigenvalue weighted by atomic mass is 10.1. The van der Waals surface area contributed by atoms with Gasteiger partial charge < -0.3 is 19.9 Å². The average molecular weight is 399 g/mol. The third kappa shape index (κ3) is 8.02. The molecule has 0 radical (unpaired) electrons. The van der Waals surface area contributed by atoms with E-state index in [1.807, 2.05) is 24.4 Å². The van der Waals surface area contributed by atoms with Gasteiger partial charge in [-0.25, -0.2) is 0 Å². The van der Waals surface area contributed by atoms with Crippen molar-refractivity contribution in [3.05, 3.63) is 64.6 Å². The van der Waals surface area contributed by atoms with Crippen molar-refractivity contribution in [2.45, 2.75) is 46.2 Å². The Hall–Kier alpha value is -2.76. The van der Waals surface area contributed by atoms with Crippen LogP contribution in [0.5, 0.6) is 5.75 Å². The number of guanidine groups is 1. The Morgan fingerprint density at radius 3 is 2.52 bits per heavy atom. The second kappa shape index (κ2) is 11.9. The number of aryl methyl sites for hydroxylation is 1. The molecule has 1 unspecified atom stereocenters. The molecule has 0 bridgehead atoms. The van der Waals surface area contributed by atoms with Gasteiger partial charge in [0.15, 0.2) is 5.96 Å². The molecule has 0 saturated heterocycles. The number of nitrogens with zero attached hydrogens (tertiary/aromatic N) is 2. The summed E-state index contributed by atoms with van der Waals surface area (Å²) in [4.78, 5) is 16.0. The van der Waals surface area contributed by atoms with Crippen LogP contribution in [-0.4, -0.2) is 30.7 Å². The van der Waals surface area contributed by atoms with Crippen molar-refractivity contribution < 1.29 is 4.74 Å². The highest BCUT2D eigenvalue weighted by Gasteiger charge is 2.08. The fourth-order valence-electron chi connectivity index (χ4n) is 2.86. The van der Waals surface area contributed by atoms with Gasteiger partial charge >= 0.3 is 0 Å². The van der Waals surface area contributed by atoms with Gasteiger partial charge in [-0.05, 0) is 49.4 Å². The fourth-order valence-corrected chi connectivity index (χ4v) is 2.86. The highest BCUT2D eigenvalue weighted by Crippen LogP contribution is 2.18. The van der Waals surface area contributed by atoms with Gasteiger partial charge in [0.25, 0.3) is 0 Å². The first-order valence-electron chi connectivity index (χ1n) is 10.3. The van der Waals surface area contributed by atoms with E-state index in [1.165, 1.54) is 5.56 Å². The van der Waals surface area contributed by atoms with E-state index in [0.717, 1.165) is 44.2 Å². The number of nitrogens with one attached hydrogen (secondary N) is 2. The minimum atomic E-state index is 0.0485. The molecule has 0 aliphatic rings. The highest BCUT2D eigenvalue weighted by atomic mass is 16.5. The van der Waals surface area contributed by atoms with Crippen LogP contribution in [0, 0.1) is 5.92 Å². The first-order valence-corrected chi connectivity index (χ1v) is 10.3. The quantitative estimate of drug-likeness (QED) is 0.365. The normalized spacial score (nSPS) is 12.7. The van der Waals surface area contributed by atoms with Gasteiger partial charge in [-0.2, -0.15) is 0 Å². The average Bonchev–Trinajstić information content (AvgIpc) is 2.72. The minimum absolute atomic E-state index is 0.0485. The summed E-state index contributed by atoms with van der Waals surface area (Å²) in [7, 11) is 1.77. The second-order valence-electron chi connectivity index (χ2n) is 7.58. The zero-order chi connectivity index (χ0) is 21.1. The number of rotatable bonds is 10. The Morgan fingerprint density at radius 1 is 1.10 bits per heavy atom. The summed E-state index contributed by atoms with van der Waals surface area (Å²) in [6, 6.07) is 13.6. The second-order valence-corrected chi connectivity index (χ2v) is 7.58. The predicted molar refractivity (Wildman–Crippen MR) is 120 cm³/mol. The van der Waals surface area contributed by atoms with Crippen molar-refractivity contribution in [2.24, 2.45) is 10.9 Å². The minimum Gasteiger partial charge on any atom is -0.493 e. The van der Waals surface area contributed by atoms with Gasteiger partial charge in [-0.15, -0.1) is 0 Å². The molecule has 2 aromatic rings. The maximum atomic E-state index is 11.7. The van der Waals surface area contributed by atoms with Crippen LogP contribution in [0.25, 0.3) is 0 Å². The van der Waals surface area contributed by atoms with Crippen LogP contribution in [0.4, 0.5) is 0 Å². The zero-order valence-corrected chi connectivity index (χ0v) is 18.0. The van der Waals surface area contributed by atoms with Gasteiger partial charge in [0.1, 0.15) is 5.75 Å². The Morgan fingerprint density at radius 2 is 1.86 bits per heavy atom. The van der Waals surface area contributed by atoms with Gasteiger partial charge in [-0.3, -0.25) is 9.79 Å². The van der Waals surface area contributed by atoms with Crippen molar-refractivity contribution in [2.75, 3.05) is 20.2 Å². The smallest absolute Gasteiger partial charge is 0.250 e. The van der Waals surface area contributed by atoms with Crippen LogP contribution >= 0.6 is 0 Å². The van der Waals surface area contributed by atoms with Crippen LogP contribution in [0.3, 0.4) is 0 Å².